The molecule has 0 spiro atoms. The summed E-state index contributed by atoms with van der Waals surface area (Å²) in [5.74, 6) is -0.465. The summed E-state index contributed by atoms with van der Waals surface area (Å²) in [6, 6.07) is 14.0. The number of nitrogens with one attached hydrogen (secondary N) is 1. The van der Waals surface area contributed by atoms with Gasteiger partial charge in [0.05, 0.1) is 6.04 Å². The Hall–Kier alpha value is -0.930. The van der Waals surface area contributed by atoms with Gasteiger partial charge in [0.25, 0.3) is 5.91 Å². The molecule has 0 saturated heterocycles. The fraction of sp³-hybridized carbons (Fsp3) is 0.133. The topological polar surface area (TPSA) is 29.1 Å². The average Bonchev–Trinajstić information content (AvgIpc) is 2.46. The molecule has 2 aromatic rings. The summed E-state index contributed by atoms with van der Waals surface area (Å²) in [6.07, 6.45) is 0. The van der Waals surface area contributed by atoms with Crippen molar-refractivity contribution in [3.63, 3.8) is 0 Å². The minimum atomic E-state index is -1.13. The monoisotopic (exact) mass is 361 g/mol. The minimum absolute atomic E-state index is 0.382. The van der Waals surface area contributed by atoms with E-state index in [1.165, 1.54) is 0 Å². The van der Waals surface area contributed by atoms with E-state index in [0.29, 0.717) is 10.0 Å². The molecular formula is C15H11Cl4NO. The summed E-state index contributed by atoms with van der Waals surface area (Å²) in [6.45, 7) is 0. The first-order valence-electron chi connectivity index (χ1n) is 6.07. The second kappa shape index (κ2) is 7.37. The van der Waals surface area contributed by atoms with Crippen LogP contribution in [0.2, 0.25) is 10.0 Å². The van der Waals surface area contributed by atoms with Gasteiger partial charge in [0.2, 0.25) is 0 Å². The molecule has 2 aromatic carbocycles. The molecule has 21 heavy (non-hydrogen) atoms. The van der Waals surface area contributed by atoms with Crippen LogP contribution in [0.25, 0.3) is 0 Å². The Kier molecular flexibility index (Phi) is 5.77. The van der Waals surface area contributed by atoms with Gasteiger partial charge < -0.3 is 5.32 Å². The van der Waals surface area contributed by atoms with Crippen LogP contribution in [0.4, 0.5) is 0 Å². The van der Waals surface area contributed by atoms with Crippen LogP contribution in [0.1, 0.15) is 17.2 Å². The Morgan fingerprint density at radius 3 is 1.52 bits per heavy atom. The van der Waals surface area contributed by atoms with Crippen LogP contribution in [0.15, 0.2) is 48.5 Å². The Labute approximate surface area is 143 Å². The van der Waals surface area contributed by atoms with Crippen molar-refractivity contribution >= 4 is 52.3 Å². The van der Waals surface area contributed by atoms with Crippen molar-refractivity contribution in [3.05, 3.63) is 69.7 Å². The molecule has 0 aliphatic rings. The number of benzene rings is 2. The van der Waals surface area contributed by atoms with Gasteiger partial charge >= 0.3 is 0 Å². The summed E-state index contributed by atoms with van der Waals surface area (Å²) in [5, 5.41) is 4.04. The van der Waals surface area contributed by atoms with E-state index in [4.69, 9.17) is 46.4 Å². The molecule has 0 unspecified atom stereocenters. The highest BCUT2D eigenvalue weighted by Crippen LogP contribution is 2.25. The van der Waals surface area contributed by atoms with E-state index in [2.05, 4.69) is 5.32 Å². The van der Waals surface area contributed by atoms with Crippen LogP contribution in [0, 0.1) is 0 Å². The first kappa shape index (κ1) is 16.4. The number of carbonyl (C=O) groups is 1. The second-order valence-electron chi connectivity index (χ2n) is 4.35. The van der Waals surface area contributed by atoms with Crippen molar-refractivity contribution in [3.8, 4) is 0 Å². The number of amides is 1. The van der Waals surface area contributed by atoms with E-state index in [1.807, 2.05) is 24.3 Å². The standard InChI is InChI=1S/C15H11Cl4NO/c16-11-5-1-9(2-6-11)13(20-15(21)14(18)19)10-3-7-12(17)8-4-10/h1-8,13-14H,(H,20,21). The highest BCUT2D eigenvalue weighted by molar-refractivity contribution is 6.53. The highest BCUT2D eigenvalue weighted by Gasteiger charge is 2.20. The number of alkyl halides is 2. The van der Waals surface area contributed by atoms with Gasteiger partial charge in [-0.15, -0.1) is 0 Å². The van der Waals surface area contributed by atoms with Gasteiger partial charge in [-0.1, -0.05) is 70.7 Å². The molecule has 0 bridgehead atoms. The number of hydrogen-bond donors (Lipinski definition) is 1. The van der Waals surface area contributed by atoms with Crippen molar-refractivity contribution in [2.24, 2.45) is 0 Å². The molecule has 0 aliphatic heterocycles. The molecule has 2 rings (SSSR count). The Balaban J connectivity index is 2.36. The third-order valence-electron chi connectivity index (χ3n) is 2.89. The first-order valence-corrected chi connectivity index (χ1v) is 7.69. The third kappa shape index (κ3) is 4.52. The lowest BCUT2D eigenvalue weighted by atomic mass is 9.99. The van der Waals surface area contributed by atoms with Crippen LogP contribution in [-0.4, -0.2) is 10.7 Å². The number of carbonyl (C=O) groups excluding carboxylic acids is 1. The molecule has 110 valence electrons. The predicted octanol–water partition coefficient (Wildman–Crippen LogP) is 5.00. The van der Waals surface area contributed by atoms with Crippen LogP contribution in [0.5, 0.6) is 0 Å². The summed E-state index contributed by atoms with van der Waals surface area (Å²) in [4.78, 5) is 10.7. The lowest BCUT2D eigenvalue weighted by Gasteiger charge is -2.20. The normalized spacial score (nSPS) is 11.0. The fourth-order valence-corrected chi connectivity index (χ4v) is 2.25. The molecule has 1 amide bonds. The van der Waals surface area contributed by atoms with Crippen molar-refractivity contribution in [2.45, 2.75) is 10.9 Å². The molecule has 0 radical (unpaired) electrons. The van der Waals surface area contributed by atoms with E-state index in [-0.39, 0.29) is 6.04 Å². The van der Waals surface area contributed by atoms with Gasteiger partial charge in [-0.3, -0.25) is 4.79 Å². The molecule has 0 fully saturated rings. The maximum atomic E-state index is 11.8. The number of hydrogen-bond acceptors (Lipinski definition) is 1. The van der Waals surface area contributed by atoms with Gasteiger partial charge in [0, 0.05) is 10.0 Å². The highest BCUT2D eigenvalue weighted by atomic mass is 35.5. The van der Waals surface area contributed by atoms with Gasteiger partial charge in [-0.05, 0) is 35.4 Å². The summed E-state index contributed by atoms with van der Waals surface area (Å²) < 4.78 is 0. The molecule has 0 aromatic heterocycles. The lowest BCUT2D eigenvalue weighted by Crippen LogP contribution is -2.33. The molecule has 6 heteroatoms. The quantitative estimate of drug-likeness (QED) is 0.761. The van der Waals surface area contributed by atoms with Gasteiger partial charge in [0.1, 0.15) is 0 Å². The SMILES string of the molecule is O=C(NC(c1ccc(Cl)cc1)c1ccc(Cl)cc1)C(Cl)Cl. The smallest absolute Gasteiger partial charge is 0.254 e. The van der Waals surface area contributed by atoms with Gasteiger partial charge in [-0.2, -0.15) is 0 Å². The second-order valence-corrected chi connectivity index (χ2v) is 6.31. The van der Waals surface area contributed by atoms with Crippen molar-refractivity contribution in [1.82, 2.24) is 5.32 Å². The summed E-state index contributed by atoms with van der Waals surface area (Å²) >= 11 is 23.0. The largest absolute Gasteiger partial charge is 0.343 e. The van der Waals surface area contributed by atoms with E-state index >= 15 is 0 Å². The first-order chi connectivity index (χ1) is 9.97. The molecule has 0 heterocycles. The molecule has 1 N–H and O–H groups in total. The maximum absolute atomic E-state index is 11.8. The van der Waals surface area contributed by atoms with Crippen molar-refractivity contribution in [2.75, 3.05) is 0 Å². The van der Waals surface area contributed by atoms with Crippen LogP contribution in [-0.2, 0) is 4.79 Å². The van der Waals surface area contributed by atoms with Crippen LogP contribution < -0.4 is 5.32 Å². The lowest BCUT2D eigenvalue weighted by molar-refractivity contribution is -0.119. The molecule has 2 nitrogen and oxygen atoms in total. The maximum Gasteiger partial charge on any atom is 0.254 e. The molecular weight excluding hydrogens is 352 g/mol. The molecule has 0 aliphatic carbocycles. The van der Waals surface area contributed by atoms with E-state index in [1.54, 1.807) is 24.3 Å². The summed E-state index contributed by atoms with van der Waals surface area (Å²) in [5.41, 5.74) is 1.73. The zero-order chi connectivity index (χ0) is 15.4. The average molecular weight is 363 g/mol. The summed E-state index contributed by atoms with van der Waals surface area (Å²) in [7, 11) is 0. The molecule has 0 saturated carbocycles. The number of halogens is 4. The fourth-order valence-electron chi connectivity index (χ4n) is 1.87. The third-order valence-corrected chi connectivity index (χ3v) is 3.79. The zero-order valence-corrected chi connectivity index (χ0v) is 13.7. The predicted molar refractivity (Wildman–Crippen MR) is 88.4 cm³/mol. The Bertz CT molecular complexity index is 565. The number of rotatable bonds is 4. The van der Waals surface area contributed by atoms with Gasteiger partial charge in [0.15, 0.2) is 4.84 Å². The van der Waals surface area contributed by atoms with E-state index < -0.39 is 10.7 Å². The van der Waals surface area contributed by atoms with E-state index in [0.717, 1.165) is 11.1 Å². The van der Waals surface area contributed by atoms with Crippen molar-refractivity contribution < 1.29 is 4.79 Å². The van der Waals surface area contributed by atoms with Crippen LogP contribution >= 0.6 is 46.4 Å². The minimum Gasteiger partial charge on any atom is -0.343 e. The van der Waals surface area contributed by atoms with E-state index in [9.17, 15) is 4.79 Å². The van der Waals surface area contributed by atoms with Crippen molar-refractivity contribution in [1.29, 1.82) is 0 Å². The molecule has 0 atom stereocenters. The van der Waals surface area contributed by atoms with Gasteiger partial charge in [-0.25, -0.2) is 0 Å². The van der Waals surface area contributed by atoms with Crippen LogP contribution in [0.3, 0.4) is 0 Å². The Morgan fingerprint density at radius 1 is 0.810 bits per heavy atom. The Morgan fingerprint density at radius 2 is 1.19 bits per heavy atom. The zero-order valence-electron chi connectivity index (χ0n) is 10.7.